The zero-order chi connectivity index (χ0) is 12.0. The Balaban J connectivity index is 3.00. The van der Waals surface area contributed by atoms with Crippen molar-refractivity contribution in [3.05, 3.63) is 28.8 Å². The predicted molar refractivity (Wildman–Crippen MR) is 65.8 cm³/mol. The van der Waals surface area contributed by atoms with Crippen molar-refractivity contribution in [2.45, 2.75) is 13.3 Å². The molecule has 0 aliphatic carbocycles. The average Bonchev–Trinajstić information content (AvgIpc) is 2.30. The molecule has 0 atom stereocenters. The number of nitrogens with zero attached hydrogens (tertiary/aromatic N) is 2. The summed E-state index contributed by atoms with van der Waals surface area (Å²) >= 11 is 5.97. The molecule has 0 aliphatic heterocycles. The SMILES string of the molecule is CCN(CCCO)c1cccc(Cl)c1C#N. The molecular formula is C12H15ClN2O. The van der Waals surface area contributed by atoms with Gasteiger partial charge in [-0.05, 0) is 25.5 Å². The Hall–Kier alpha value is -1.24. The summed E-state index contributed by atoms with van der Waals surface area (Å²) in [6, 6.07) is 7.54. The van der Waals surface area contributed by atoms with Gasteiger partial charge in [0.05, 0.1) is 16.3 Å². The van der Waals surface area contributed by atoms with E-state index in [2.05, 4.69) is 6.07 Å². The van der Waals surface area contributed by atoms with Crippen LogP contribution >= 0.6 is 11.6 Å². The lowest BCUT2D eigenvalue weighted by Crippen LogP contribution is -2.25. The Labute approximate surface area is 101 Å². The van der Waals surface area contributed by atoms with Crippen LogP contribution in [-0.2, 0) is 0 Å². The monoisotopic (exact) mass is 238 g/mol. The third-order valence-electron chi connectivity index (χ3n) is 2.41. The summed E-state index contributed by atoms with van der Waals surface area (Å²) in [4.78, 5) is 2.04. The van der Waals surface area contributed by atoms with E-state index in [0.717, 1.165) is 18.8 Å². The van der Waals surface area contributed by atoms with Crippen LogP contribution in [0.1, 0.15) is 18.9 Å². The highest BCUT2D eigenvalue weighted by atomic mass is 35.5. The topological polar surface area (TPSA) is 47.3 Å². The number of hydrogen-bond acceptors (Lipinski definition) is 3. The minimum absolute atomic E-state index is 0.152. The molecule has 1 N–H and O–H groups in total. The molecule has 0 radical (unpaired) electrons. The Morgan fingerprint density at radius 3 is 2.81 bits per heavy atom. The van der Waals surface area contributed by atoms with E-state index in [9.17, 15) is 0 Å². The molecular weight excluding hydrogens is 224 g/mol. The van der Waals surface area contributed by atoms with Gasteiger partial charge in [0, 0.05) is 19.7 Å². The van der Waals surface area contributed by atoms with Gasteiger partial charge >= 0.3 is 0 Å². The van der Waals surface area contributed by atoms with Crippen LogP contribution in [0.2, 0.25) is 5.02 Å². The molecule has 0 bridgehead atoms. The van der Waals surface area contributed by atoms with Crippen LogP contribution in [0.5, 0.6) is 0 Å². The first-order chi connectivity index (χ1) is 7.74. The normalized spacial score (nSPS) is 9.88. The molecule has 0 saturated carbocycles. The number of nitriles is 1. The van der Waals surface area contributed by atoms with E-state index in [1.54, 1.807) is 6.07 Å². The number of aliphatic hydroxyl groups excluding tert-OH is 1. The number of aliphatic hydroxyl groups is 1. The summed E-state index contributed by atoms with van der Waals surface area (Å²) in [6.45, 7) is 3.68. The van der Waals surface area contributed by atoms with Crippen molar-refractivity contribution in [3.63, 3.8) is 0 Å². The summed E-state index contributed by atoms with van der Waals surface area (Å²) in [5, 5.41) is 18.4. The lowest BCUT2D eigenvalue weighted by molar-refractivity contribution is 0.289. The highest BCUT2D eigenvalue weighted by molar-refractivity contribution is 6.32. The minimum atomic E-state index is 0.152. The van der Waals surface area contributed by atoms with Gasteiger partial charge in [-0.15, -0.1) is 0 Å². The molecule has 0 amide bonds. The number of benzene rings is 1. The summed E-state index contributed by atoms with van der Waals surface area (Å²) in [6.07, 6.45) is 0.686. The van der Waals surface area contributed by atoms with Crippen molar-refractivity contribution in [2.24, 2.45) is 0 Å². The van der Waals surface area contributed by atoms with Gasteiger partial charge in [-0.25, -0.2) is 0 Å². The standard InChI is InChI=1S/C12H15ClN2O/c1-2-15(7-4-8-16)12-6-3-5-11(13)10(12)9-14/h3,5-6,16H,2,4,7-8H2,1H3. The number of rotatable bonds is 5. The molecule has 0 spiro atoms. The van der Waals surface area contributed by atoms with Gasteiger partial charge in [0.25, 0.3) is 0 Å². The summed E-state index contributed by atoms with van der Waals surface area (Å²) in [5.74, 6) is 0. The van der Waals surface area contributed by atoms with Gasteiger partial charge in [-0.3, -0.25) is 0 Å². The maximum Gasteiger partial charge on any atom is 0.103 e. The van der Waals surface area contributed by atoms with Gasteiger partial charge in [0.1, 0.15) is 6.07 Å². The molecule has 4 heteroatoms. The average molecular weight is 239 g/mol. The molecule has 86 valence electrons. The first kappa shape index (κ1) is 12.8. The van der Waals surface area contributed by atoms with E-state index in [0.29, 0.717) is 17.0 Å². The van der Waals surface area contributed by atoms with Crippen LogP contribution in [-0.4, -0.2) is 24.8 Å². The second kappa shape index (κ2) is 6.37. The lowest BCUT2D eigenvalue weighted by Gasteiger charge is -2.24. The molecule has 16 heavy (non-hydrogen) atoms. The van der Waals surface area contributed by atoms with Gasteiger partial charge < -0.3 is 10.0 Å². The van der Waals surface area contributed by atoms with E-state index in [-0.39, 0.29) is 6.61 Å². The van der Waals surface area contributed by atoms with Crippen molar-refractivity contribution in [1.82, 2.24) is 0 Å². The zero-order valence-corrected chi connectivity index (χ0v) is 10.0. The van der Waals surface area contributed by atoms with Crippen LogP contribution in [0.25, 0.3) is 0 Å². The smallest absolute Gasteiger partial charge is 0.103 e. The molecule has 0 aliphatic rings. The van der Waals surface area contributed by atoms with Crippen LogP contribution in [0.3, 0.4) is 0 Å². The highest BCUT2D eigenvalue weighted by Gasteiger charge is 2.11. The van der Waals surface area contributed by atoms with Crippen molar-refractivity contribution in [3.8, 4) is 6.07 Å². The van der Waals surface area contributed by atoms with Crippen molar-refractivity contribution < 1.29 is 5.11 Å². The van der Waals surface area contributed by atoms with Gasteiger partial charge in [0.15, 0.2) is 0 Å². The third-order valence-corrected chi connectivity index (χ3v) is 2.73. The highest BCUT2D eigenvalue weighted by Crippen LogP contribution is 2.26. The number of halogens is 1. The third kappa shape index (κ3) is 2.88. The van der Waals surface area contributed by atoms with Crippen LogP contribution in [0.15, 0.2) is 18.2 Å². The summed E-state index contributed by atoms with van der Waals surface area (Å²) < 4.78 is 0. The molecule has 1 rings (SSSR count). The molecule has 1 aromatic rings. The fraction of sp³-hybridized carbons (Fsp3) is 0.417. The largest absolute Gasteiger partial charge is 0.396 e. The Morgan fingerprint density at radius 2 is 2.25 bits per heavy atom. The second-order valence-electron chi connectivity index (χ2n) is 3.40. The molecule has 0 heterocycles. The molecule has 0 aromatic heterocycles. The van der Waals surface area contributed by atoms with E-state index >= 15 is 0 Å². The minimum Gasteiger partial charge on any atom is -0.396 e. The molecule has 1 aromatic carbocycles. The summed E-state index contributed by atoms with van der Waals surface area (Å²) in [7, 11) is 0. The van der Waals surface area contributed by atoms with Gasteiger partial charge in [-0.1, -0.05) is 17.7 Å². The Bertz CT molecular complexity index is 387. The Morgan fingerprint density at radius 1 is 1.50 bits per heavy atom. The number of anilines is 1. The van der Waals surface area contributed by atoms with E-state index in [4.69, 9.17) is 22.0 Å². The van der Waals surface area contributed by atoms with E-state index < -0.39 is 0 Å². The van der Waals surface area contributed by atoms with Crippen molar-refractivity contribution in [2.75, 3.05) is 24.6 Å². The molecule has 3 nitrogen and oxygen atoms in total. The van der Waals surface area contributed by atoms with Crippen molar-refractivity contribution >= 4 is 17.3 Å². The van der Waals surface area contributed by atoms with Crippen LogP contribution < -0.4 is 4.90 Å². The van der Waals surface area contributed by atoms with Crippen molar-refractivity contribution in [1.29, 1.82) is 5.26 Å². The molecule has 0 saturated heterocycles. The fourth-order valence-corrected chi connectivity index (χ4v) is 1.81. The van der Waals surface area contributed by atoms with Crippen LogP contribution in [0, 0.1) is 11.3 Å². The molecule has 0 unspecified atom stereocenters. The fourth-order valence-electron chi connectivity index (χ4n) is 1.60. The predicted octanol–water partition coefficient (Wildman–Crippen LogP) is 2.42. The quantitative estimate of drug-likeness (QED) is 0.857. The summed E-state index contributed by atoms with van der Waals surface area (Å²) in [5.41, 5.74) is 1.34. The van der Waals surface area contributed by atoms with Gasteiger partial charge in [0.2, 0.25) is 0 Å². The van der Waals surface area contributed by atoms with E-state index in [1.807, 2.05) is 24.0 Å². The zero-order valence-electron chi connectivity index (χ0n) is 9.28. The first-order valence-electron chi connectivity index (χ1n) is 5.29. The second-order valence-corrected chi connectivity index (χ2v) is 3.81. The lowest BCUT2D eigenvalue weighted by atomic mass is 10.1. The van der Waals surface area contributed by atoms with E-state index in [1.165, 1.54) is 0 Å². The maximum absolute atomic E-state index is 9.06. The maximum atomic E-state index is 9.06. The molecule has 0 fully saturated rings. The van der Waals surface area contributed by atoms with Gasteiger partial charge in [-0.2, -0.15) is 5.26 Å². The number of hydrogen-bond donors (Lipinski definition) is 1. The Kier molecular flexibility index (Phi) is 5.10. The van der Waals surface area contributed by atoms with Crippen LogP contribution in [0.4, 0.5) is 5.69 Å². The first-order valence-corrected chi connectivity index (χ1v) is 5.66.